The summed E-state index contributed by atoms with van der Waals surface area (Å²) in [5.41, 5.74) is 7.96. The van der Waals surface area contributed by atoms with Gasteiger partial charge in [0, 0.05) is 10.8 Å². The van der Waals surface area contributed by atoms with Gasteiger partial charge in [0.05, 0.1) is 21.3 Å². The number of rotatable bonds is 3. The Morgan fingerprint density at radius 1 is 1.28 bits per heavy atom. The maximum atomic E-state index is 5.72. The van der Waals surface area contributed by atoms with E-state index in [2.05, 4.69) is 32.7 Å². The lowest BCUT2D eigenvalue weighted by Crippen LogP contribution is -2.10. The normalized spacial score (nSPS) is 12.0. The van der Waals surface area contributed by atoms with Crippen LogP contribution in [0, 0.1) is 0 Å². The number of hydrogen-bond donors (Lipinski definition) is 1. The minimum Gasteiger partial charge on any atom is -0.375 e. The lowest BCUT2D eigenvalue weighted by atomic mass is 9.98. The van der Waals surface area contributed by atoms with Crippen LogP contribution in [0.15, 0.2) is 5.38 Å². The zero-order chi connectivity index (χ0) is 13.3. The third kappa shape index (κ3) is 2.72. The molecule has 98 valence electrons. The molecule has 2 N–H and O–H groups in total. The lowest BCUT2D eigenvalue weighted by molar-refractivity contribution is 0.582. The molecule has 0 aliphatic carbocycles. The number of thiazole rings is 2. The third-order valence-electron chi connectivity index (χ3n) is 2.58. The van der Waals surface area contributed by atoms with Crippen LogP contribution in [0.4, 0.5) is 5.13 Å². The van der Waals surface area contributed by atoms with Crippen molar-refractivity contribution in [2.45, 2.75) is 46.0 Å². The van der Waals surface area contributed by atoms with Crippen molar-refractivity contribution >= 4 is 27.8 Å². The Labute approximate surface area is 116 Å². The number of nitrogens with two attached hydrogens (primary N) is 1. The summed E-state index contributed by atoms with van der Waals surface area (Å²) in [7, 11) is 0. The largest absolute Gasteiger partial charge is 0.375 e. The van der Waals surface area contributed by atoms with Gasteiger partial charge in [0.25, 0.3) is 0 Å². The molecule has 0 amide bonds. The van der Waals surface area contributed by atoms with Crippen molar-refractivity contribution in [1.82, 2.24) is 9.97 Å². The van der Waals surface area contributed by atoms with Gasteiger partial charge in [-0.3, -0.25) is 0 Å². The zero-order valence-electron chi connectivity index (χ0n) is 11.3. The van der Waals surface area contributed by atoms with Crippen LogP contribution in [-0.4, -0.2) is 9.97 Å². The minimum atomic E-state index is 0.0903. The smallest absolute Gasteiger partial charge is 0.180 e. The predicted octanol–water partition coefficient (Wildman–Crippen LogP) is 4.10. The molecule has 2 rings (SSSR count). The summed E-state index contributed by atoms with van der Waals surface area (Å²) in [5.74, 6) is 0. The number of nitrogens with zero attached hydrogens (tertiary/aromatic N) is 2. The molecule has 0 aliphatic rings. The number of nitrogen functional groups attached to an aromatic ring is 1. The van der Waals surface area contributed by atoms with Gasteiger partial charge >= 0.3 is 0 Å². The van der Waals surface area contributed by atoms with Crippen LogP contribution in [0.1, 0.15) is 44.8 Å². The molecular weight excluding hydrogens is 262 g/mol. The van der Waals surface area contributed by atoms with E-state index in [0.29, 0.717) is 5.13 Å². The summed E-state index contributed by atoms with van der Waals surface area (Å²) in [6.07, 6.45) is 2.10. The van der Waals surface area contributed by atoms with Crippen LogP contribution >= 0.6 is 22.7 Å². The van der Waals surface area contributed by atoms with Gasteiger partial charge in [-0.1, -0.05) is 34.1 Å². The Bertz CT molecular complexity index is 535. The minimum absolute atomic E-state index is 0.0903. The van der Waals surface area contributed by atoms with Gasteiger partial charge in [0.1, 0.15) is 0 Å². The Balaban J connectivity index is 2.48. The van der Waals surface area contributed by atoms with E-state index in [0.717, 1.165) is 24.2 Å². The molecule has 0 saturated heterocycles. The maximum Gasteiger partial charge on any atom is 0.180 e. The van der Waals surface area contributed by atoms with Gasteiger partial charge in [0.15, 0.2) is 5.13 Å². The summed E-state index contributed by atoms with van der Waals surface area (Å²) in [6.45, 7) is 8.76. The molecular formula is C13H19N3S2. The Hall–Kier alpha value is -0.940. The first-order chi connectivity index (χ1) is 8.41. The second kappa shape index (κ2) is 4.97. The lowest BCUT2D eigenvalue weighted by Gasteiger charge is -2.13. The highest BCUT2D eigenvalue weighted by atomic mass is 32.1. The van der Waals surface area contributed by atoms with Crippen molar-refractivity contribution in [3.63, 3.8) is 0 Å². The number of aryl methyl sites for hydroxylation is 1. The summed E-state index contributed by atoms with van der Waals surface area (Å²) in [6, 6.07) is 0. The third-order valence-corrected chi connectivity index (χ3v) is 4.80. The molecule has 0 unspecified atom stereocenters. The van der Waals surface area contributed by atoms with Crippen LogP contribution in [0.3, 0.4) is 0 Å². The Morgan fingerprint density at radius 3 is 2.50 bits per heavy atom. The summed E-state index contributed by atoms with van der Waals surface area (Å²) >= 11 is 3.24. The quantitative estimate of drug-likeness (QED) is 0.921. The molecule has 2 aromatic rings. The molecule has 0 fully saturated rings. The molecule has 0 radical (unpaired) electrons. The van der Waals surface area contributed by atoms with Crippen molar-refractivity contribution in [3.05, 3.63) is 16.1 Å². The fourth-order valence-electron chi connectivity index (χ4n) is 1.67. The van der Waals surface area contributed by atoms with E-state index in [1.807, 2.05) is 5.38 Å². The maximum absolute atomic E-state index is 5.72. The van der Waals surface area contributed by atoms with Gasteiger partial charge in [-0.2, -0.15) is 0 Å². The summed E-state index contributed by atoms with van der Waals surface area (Å²) < 4.78 is 0. The first-order valence-corrected chi connectivity index (χ1v) is 7.83. The molecule has 3 nitrogen and oxygen atoms in total. The van der Waals surface area contributed by atoms with Crippen LogP contribution in [0.5, 0.6) is 0 Å². The Morgan fingerprint density at radius 2 is 2.00 bits per heavy atom. The molecule has 18 heavy (non-hydrogen) atoms. The van der Waals surface area contributed by atoms with E-state index in [1.54, 1.807) is 11.3 Å². The van der Waals surface area contributed by atoms with Crippen LogP contribution < -0.4 is 5.73 Å². The summed E-state index contributed by atoms with van der Waals surface area (Å²) in [4.78, 5) is 10.4. The molecule has 0 aromatic carbocycles. The van der Waals surface area contributed by atoms with Crippen molar-refractivity contribution in [1.29, 1.82) is 0 Å². The van der Waals surface area contributed by atoms with Crippen LogP contribution in [0.2, 0.25) is 0 Å². The average Bonchev–Trinajstić information content (AvgIpc) is 2.84. The topological polar surface area (TPSA) is 51.8 Å². The fourth-order valence-corrected chi connectivity index (χ4v) is 3.43. The number of aromatic nitrogens is 2. The number of anilines is 1. The molecule has 0 aliphatic heterocycles. The second-order valence-corrected chi connectivity index (χ2v) is 7.25. The first kappa shape index (κ1) is 13.5. The molecule has 0 saturated carbocycles. The fraction of sp³-hybridized carbons (Fsp3) is 0.538. The van der Waals surface area contributed by atoms with Gasteiger partial charge in [-0.25, -0.2) is 9.97 Å². The monoisotopic (exact) mass is 281 g/mol. The molecule has 0 atom stereocenters. The van der Waals surface area contributed by atoms with Crippen molar-refractivity contribution in [2.24, 2.45) is 0 Å². The SMILES string of the molecule is CCCc1nc(C(C)(C)C)sc1-c1csc(N)n1. The highest BCUT2D eigenvalue weighted by Crippen LogP contribution is 2.37. The van der Waals surface area contributed by atoms with Gasteiger partial charge < -0.3 is 5.73 Å². The molecule has 0 spiro atoms. The first-order valence-electron chi connectivity index (χ1n) is 6.13. The van der Waals surface area contributed by atoms with Gasteiger partial charge in [-0.05, 0) is 6.42 Å². The molecule has 2 heterocycles. The predicted molar refractivity (Wildman–Crippen MR) is 80.3 cm³/mol. The van der Waals surface area contributed by atoms with Gasteiger partial charge in [0.2, 0.25) is 0 Å². The van der Waals surface area contributed by atoms with Crippen molar-refractivity contribution in [2.75, 3.05) is 5.73 Å². The van der Waals surface area contributed by atoms with Gasteiger partial charge in [-0.15, -0.1) is 22.7 Å². The van der Waals surface area contributed by atoms with Crippen molar-refractivity contribution < 1.29 is 0 Å². The van der Waals surface area contributed by atoms with E-state index in [4.69, 9.17) is 10.7 Å². The summed E-state index contributed by atoms with van der Waals surface area (Å²) in [5, 5.41) is 3.82. The highest BCUT2D eigenvalue weighted by molar-refractivity contribution is 7.16. The van der Waals surface area contributed by atoms with E-state index >= 15 is 0 Å². The van der Waals surface area contributed by atoms with Crippen LogP contribution in [-0.2, 0) is 11.8 Å². The van der Waals surface area contributed by atoms with E-state index in [9.17, 15) is 0 Å². The molecule has 0 bridgehead atoms. The van der Waals surface area contributed by atoms with E-state index in [1.165, 1.54) is 21.2 Å². The second-order valence-electron chi connectivity index (χ2n) is 5.37. The molecule has 2 aromatic heterocycles. The average molecular weight is 281 g/mol. The number of hydrogen-bond acceptors (Lipinski definition) is 5. The van der Waals surface area contributed by atoms with Crippen LogP contribution in [0.25, 0.3) is 10.6 Å². The Kier molecular flexibility index (Phi) is 3.73. The van der Waals surface area contributed by atoms with Crippen molar-refractivity contribution in [3.8, 4) is 10.6 Å². The standard InChI is InChI=1S/C13H19N3S2/c1-5-6-8-10(9-7-17-12(14)16-9)18-11(15-8)13(2,3)4/h7H,5-6H2,1-4H3,(H2,14,16). The van der Waals surface area contributed by atoms with E-state index < -0.39 is 0 Å². The highest BCUT2D eigenvalue weighted by Gasteiger charge is 2.22. The molecule has 5 heteroatoms. The zero-order valence-corrected chi connectivity index (χ0v) is 12.9. The van der Waals surface area contributed by atoms with E-state index in [-0.39, 0.29) is 5.41 Å².